The third kappa shape index (κ3) is 4.27. The van der Waals surface area contributed by atoms with Crippen LogP contribution >= 0.6 is 0 Å². The number of carbonyl (C=O) groups excluding carboxylic acids is 1. The zero-order valence-electron chi connectivity index (χ0n) is 10.3. The van der Waals surface area contributed by atoms with E-state index in [9.17, 15) is 4.79 Å². The van der Waals surface area contributed by atoms with E-state index < -0.39 is 0 Å². The van der Waals surface area contributed by atoms with Gasteiger partial charge in [0.1, 0.15) is 11.9 Å². The quantitative estimate of drug-likeness (QED) is 0.742. The number of aromatic nitrogens is 2. The van der Waals surface area contributed by atoms with Gasteiger partial charge in [-0.25, -0.2) is 4.98 Å². The van der Waals surface area contributed by atoms with Gasteiger partial charge < -0.3 is 10.3 Å². The number of imidazole rings is 1. The Kier molecular flexibility index (Phi) is 5.21. The number of aryl methyl sites for hydroxylation is 1. The van der Waals surface area contributed by atoms with Gasteiger partial charge in [0.25, 0.3) is 0 Å². The Morgan fingerprint density at radius 3 is 2.88 bits per heavy atom. The number of nitrogens with one attached hydrogen (secondary N) is 2. The van der Waals surface area contributed by atoms with Crippen LogP contribution in [-0.4, -0.2) is 15.9 Å². The van der Waals surface area contributed by atoms with E-state index in [1.54, 1.807) is 6.92 Å². The van der Waals surface area contributed by atoms with E-state index in [0.717, 1.165) is 25.7 Å². The Bertz CT molecular complexity index is 417. The van der Waals surface area contributed by atoms with Crippen LogP contribution < -0.4 is 5.32 Å². The van der Waals surface area contributed by atoms with Crippen LogP contribution in [0.5, 0.6) is 0 Å². The Labute approximate surface area is 101 Å². The summed E-state index contributed by atoms with van der Waals surface area (Å²) in [5.41, 5.74) is 0.310. The van der Waals surface area contributed by atoms with E-state index >= 15 is 0 Å². The second kappa shape index (κ2) is 6.69. The van der Waals surface area contributed by atoms with Crippen molar-refractivity contribution in [1.29, 1.82) is 5.26 Å². The fourth-order valence-electron chi connectivity index (χ4n) is 1.57. The third-order valence-corrected chi connectivity index (χ3v) is 2.45. The van der Waals surface area contributed by atoms with Gasteiger partial charge in [0.05, 0.1) is 0 Å². The van der Waals surface area contributed by atoms with E-state index in [1.807, 2.05) is 6.07 Å². The minimum absolute atomic E-state index is 0.0795. The molecule has 0 spiro atoms. The molecule has 0 aliphatic carbocycles. The number of nitrogens with zero attached hydrogens (tertiary/aromatic N) is 2. The average Bonchev–Trinajstić information content (AvgIpc) is 2.65. The SMILES string of the molecule is CCCCCCC(=O)Nc1nc(C)[nH]c1C#N. The molecule has 0 aromatic carbocycles. The Hall–Kier alpha value is -1.83. The number of amides is 1. The highest BCUT2D eigenvalue weighted by Gasteiger charge is 2.10. The van der Waals surface area contributed by atoms with Crippen LogP contribution in [-0.2, 0) is 4.79 Å². The van der Waals surface area contributed by atoms with Crippen LogP contribution in [0.25, 0.3) is 0 Å². The van der Waals surface area contributed by atoms with Crippen LogP contribution in [0.3, 0.4) is 0 Å². The minimum Gasteiger partial charge on any atom is -0.332 e. The van der Waals surface area contributed by atoms with Crippen LogP contribution in [0.4, 0.5) is 5.82 Å². The number of hydrogen-bond donors (Lipinski definition) is 2. The standard InChI is InChI=1S/C12H18N4O/c1-3-4-5-6-7-11(17)16-12-10(8-13)14-9(2)15-12/h3-7H2,1-2H3,(H,14,15)(H,16,17). The molecular formula is C12H18N4O. The molecule has 0 bridgehead atoms. The second-order valence-electron chi connectivity index (χ2n) is 4.02. The molecule has 0 saturated carbocycles. The first kappa shape index (κ1) is 13.2. The zero-order valence-corrected chi connectivity index (χ0v) is 10.3. The van der Waals surface area contributed by atoms with E-state index in [4.69, 9.17) is 5.26 Å². The first-order valence-electron chi connectivity index (χ1n) is 5.94. The molecule has 1 aromatic heterocycles. The molecule has 1 aromatic rings. The minimum atomic E-state index is -0.0795. The first-order valence-corrected chi connectivity index (χ1v) is 5.94. The lowest BCUT2D eigenvalue weighted by molar-refractivity contribution is -0.116. The fourth-order valence-corrected chi connectivity index (χ4v) is 1.57. The predicted molar refractivity (Wildman–Crippen MR) is 65.4 cm³/mol. The summed E-state index contributed by atoms with van der Waals surface area (Å²) in [6, 6.07) is 1.97. The van der Waals surface area contributed by atoms with E-state index in [0.29, 0.717) is 23.8 Å². The van der Waals surface area contributed by atoms with Crippen molar-refractivity contribution in [3.8, 4) is 6.07 Å². The van der Waals surface area contributed by atoms with Gasteiger partial charge in [-0.3, -0.25) is 4.79 Å². The number of anilines is 1. The van der Waals surface area contributed by atoms with Crippen LogP contribution in [0, 0.1) is 18.3 Å². The highest BCUT2D eigenvalue weighted by atomic mass is 16.1. The van der Waals surface area contributed by atoms with Gasteiger partial charge in [-0.15, -0.1) is 0 Å². The van der Waals surface area contributed by atoms with E-state index in [1.165, 1.54) is 0 Å². The molecule has 1 rings (SSSR count). The molecule has 5 heteroatoms. The average molecular weight is 234 g/mol. The van der Waals surface area contributed by atoms with Gasteiger partial charge in [0, 0.05) is 6.42 Å². The van der Waals surface area contributed by atoms with Gasteiger partial charge in [0.15, 0.2) is 11.5 Å². The van der Waals surface area contributed by atoms with Crippen molar-refractivity contribution in [2.75, 3.05) is 5.32 Å². The summed E-state index contributed by atoms with van der Waals surface area (Å²) in [4.78, 5) is 18.4. The summed E-state index contributed by atoms with van der Waals surface area (Å²) in [6.07, 6.45) is 4.73. The maximum atomic E-state index is 11.6. The van der Waals surface area contributed by atoms with Gasteiger partial charge in [-0.1, -0.05) is 26.2 Å². The van der Waals surface area contributed by atoms with Crippen molar-refractivity contribution in [3.05, 3.63) is 11.5 Å². The fraction of sp³-hybridized carbons (Fsp3) is 0.583. The predicted octanol–water partition coefficient (Wildman–Crippen LogP) is 2.50. The monoisotopic (exact) mass is 234 g/mol. The van der Waals surface area contributed by atoms with Gasteiger partial charge in [0.2, 0.25) is 5.91 Å². The Morgan fingerprint density at radius 1 is 1.47 bits per heavy atom. The number of unbranched alkanes of at least 4 members (excludes halogenated alkanes) is 3. The molecule has 0 saturated heterocycles. The summed E-state index contributed by atoms with van der Waals surface area (Å²) in [5, 5.41) is 11.5. The molecule has 1 heterocycles. The maximum absolute atomic E-state index is 11.6. The van der Waals surface area contributed by atoms with Crippen LogP contribution in [0.15, 0.2) is 0 Å². The molecule has 0 aliphatic heterocycles. The normalized spacial score (nSPS) is 9.94. The summed E-state index contributed by atoms with van der Waals surface area (Å²) in [5.74, 6) is 0.887. The van der Waals surface area contributed by atoms with E-state index in [-0.39, 0.29) is 5.91 Å². The molecule has 0 unspecified atom stereocenters. The molecule has 2 N–H and O–H groups in total. The molecule has 0 atom stereocenters. The zero-order chi connectivity index (χ0) is 12.7. The topological polar surface area (TPSA) is 81.6 Å². The lowest BCUT2D eigenvalue weighted by atomic mass is 10.1. The molecule has 5 nitrogen and oxygen atoms in total. The van der Waals surface area contributed by atoms with Crippen molar-refractivity contribution >= 4 is 11.7 Å². The molecule has 0 fully saturated rings. The first-order chi connectivity index (χ1) is 8.17. The van der Waals surface area contributed by atoms with Crippen molar-refractivity contribution < 1.29 is 4.79 Å². The van der Waals surface area contributed by atoms with Crippen molar-refractivity contribution in [1.82, 2.24) is 9.97 Å². The number of carbonyl (C=O) groups is 1. The molecule has 0 radical (unpaired) electrons. The van der Waals surface area contributed by atoms with Gasteiger partial charge in [-0.05, 0) is 13.3 Å². The lowest BCUT2D eigenvalue weighted by Crippen LogP contribution is -2.12. The number of rotatable bonds is 6. The van der Waals surface area contributed by atoms with Crippen molar-refractivity contribution in [2.24, 2.45) is 0 Å². The maximum Gasteiger partial charge on any atom is 0.225 e. The number of H-pyrrole nitrogens is 1. The Balaban J connectivity index is 2.42. The lowest BCUT2D eigenvalue weighted by Gasteiger charge is -2.01. The summed E-state index contributed by atoms with van der Waals surface area (Å²) >= 11 is 0. The third-order valence-electron chi connectivity index (χ3n) is 2.45. The summed E-state index contributed by atoms with van der Waals surface area (Å²) < 4.78 is 0. The smallest absolute Gasteiger partial charge is 0.225 e. The number of nitriles is 1. The van der Waals surface area contributed by atoms with Gasteiger partial charge in [-0.2, -0.15) is 5.26 Å². The van der Waals surface area contributed by atoms with Crippen molar-refractivity contribution in [3.63, 3.8) is 0 Å². The van der Waals surface area contributed by atoms with Gasteiger partial charge >= 0.3 is 0 Å². The molecule has 17 heavy (non-hydrogen) atoms. The summed E-state index contributed by atoms with van der Waals surface area (Å²) in [6.45, 7) is 3.88. The highest BCUT2D eigenvalue weighted by molar-refractivity contribution is 5.90. The number of hydrogen-bond acceptors (Lipinski definition) is 3. The Morgan fingerprint density at radius 2 is 2.24 bits per heavy atom. The van der Waals surface area contributed by atoms with Crippen molar-refractivity contribution in [2.45, 2.75) is 46.0 Å². The van der Waals surface area contributed by atoms with Crippen LogP contribution in [0.2, 0.25) is 0 Å². The second-order valence-corrected chi connectivity index (χ2v) is 4.02. The largest absolute Gasteiger partial charge is 0.332 e. The molecule has 92 valence electrons. The highest BCUT2D eigenvalue weighted by Crippen LogP contribution is 2.12. The molecular weight excluding hydrogens is 216 g/mol. The summed E-state index contributed by atoms with van der Waals surface area (Å²) in [7, 11) is 0. The van der Waals surface area contributed by atoms with Crippen LogP contribution in [0.1, 0.15) is 50.5 Å². The van der Waals surface area contributed by atoms with E-state index in [2.05, 4.69) is 22.2 Å². The molecule has 1 amide bonds. The molecule has 0 aliphatic rings. The number of aromatic amines is 1.